The maximum atomic E-state index is 5.72. The largest absolute Gasteiger partial charge is 0.383 e. The Morgan fingerprint density at radius 1 is 1.50 bits per heavy atom. The molecule has 4 nitrogen and oxygen atoms in total. The Morgan fingerprint density at radius 2 is 2.25 bits per heavy atom. The van der Waals surface area contributed by atoms with E-state index in [1.54, 1.807) is 13.3 Å². The second kappa shape index (κ2) is 6.45. The molecule has 1 aromatic heterocycles. The fourth-order valence-corrected chi connectivity index (χ4v) is 1.70. The van der Waals surface area contributed by atoms with Gasteiger partial charge in [0.15, 0.2) is 0 Å². The third-order valence-corrected chi connectivity index (χ3v) is 2.57. The Kier molecular flexibility index (Phi) is 5.22. The van der Waals surface area contributed by atoms with Crippen LogP contribution in [0, 0.1) is 0 Å². The van der Waals surface area contributed by atoms with E-state index in [1.165, 1.54) is 0 Å². The third kappa shape index (κ3) is 3.18. The maximum Gasteiger partial charge on any atom is 0.0637 e. The molecule has 0 spiro atoms. The van der Waals surface area contributed by atoms with E-state index in [0.717, 1.165) is 17.8 Å². The maximum absolute atomic E-state index is 5.72. The van der Waals surface area contributed by atoms with Crippen molar-refractivity contribution < 1.29 is 4.74 Å². The highest BCUT2D eigenvalue weighted by Gasteiger charge is 2.13. The Hall–Kier alpha value is -1.13. The molecule has 0 radical (unpaired) electrons. The molecule has 0 unspecified atom stereocenters. The van der Waals surface area contributed by atoms with Crippen molar-refractivity contribution in [2.24, 2.45) is 5.73 Å². The van der Waals surface area contributed by atoms with Crippen molar-refractivity contribution in [2.45, 2.75) is 26.4 Å². The summed E-state index contributed by atoms with van der Waals surface area (Å²) in [6.45, 7) is 6.42. The van der Waals surface area contributed by atoms with Crippen LogP contribution in [0.25, 0.3) is 0 Å². The van der Waals surface area contributed by atoms with E-state index in [-0.39, 0.29) is 0 Å². The van der Waals surface area contributed by atoms with Crippen LogP contribution in [0.2, 0.25) is 0 Å². The zero-order chi connectivity index (χ0) is 12.0. The molecule has 0 saturated carbocycles. The minimum absolute atomic E-state index is 0.419. The Bertz CT molecular complexity index is 315. The summed E-state index contributed by atoms with van der Waals surface area (Å²) in [5.74, 6) is 0. The van der Waals surface area contributed by atoms with Crippen LogP contribution in [0.5, 0.6) is 0 Å². The van der Waals surface area contributed by atoms with Crippen LogP contribution in [0.3, 0.4) is 0 Å². The zero-order valence-electron chi connectivity index (χ0n) is 10.3. The van der Waals surface area contributed by atoms with Crippen molar-refractivity contribution in [3.8, 4) is 0 Å². The first kappa shape index (κ1) is 12.9. The van der Waals surface area contributed by atoms with Crippen LogP contribution >= 0.6 is 0 Å². The average Bonchev–Trinajstić information content (AvgIpc) is 2.29. The molecule has 0 bridgehead atoms. The number of nitrogens with two attached hydrogens (primary N) is 1. The molecule has 0 atom stereocenters. The number of anilines is 1. The van der Waals surface area contributed by atoms with Crippen molar-refractivity contribution in [3.05, 3.63) is 24.0 Å². The summed E-state index contributed by atoms with van der Waals surface area (Å²) in [7, 11) is 1.72. The van der Waals surface area contributed by atoms with Gasteiger partial charge in [-0.2, -0.15) is 0 Å². The van der Waals surface area contributed by atoms with Gasteiger partial charge in [0.25, 0.3) is 0 Å². The number of hydrogen-bond donors (Lipinski definition) is 1. The van der Waals surface area contributed by atoms with Gasteiger partial charge in [0.1, 0.15) is 0 Å². The molecule has 1 aromatic rings. The summed E-state index contributed by atoms with van der Waals surface area (Å²) < 4.78 is 5.13. The molecule has 4 heteroatoms. The lowest BCUT2D eigenvalue weighted by atomic mass is 10.2. The standard InChI is InChI=1S/C12H21N3O/c1-10(2)15(6-7-16-3)12-4-5-14-9-11(12)8-13/h4-5,9-10H,6-8,13H2,1-3H3. The van der Waals surface area contributed by atoms with Gasteiger partial charge in [-0.25, -0.2) is 0 Å². The SMILES string of the molecule is COCCN(c1ccncc1CN)C(C)C. The minimum atomic E-state index is 0.419. The first-order valence-electron chi connectivity index (χ1n) is 5.59. The zero-order valence-corrected chi connectivity index (χ0v) is 10.3. The van der Waals surface area contributed by atoms with Crippen LogP contribution in [0.4, 0.5) is 5.69 Å². The van der Waals surface area contributed by atoms with Crippen molar-refractivity contribution in [3.63, 3.8) is 0 Å². The molecule has 16 heavy (non-hydrogen) atoms. The summed E-state index contributed by atoms with van der Waals surface area (Å²) in [5, 5.41) is 0. The Balaban J connectivity index is 2.91. The van der Waals surface area contributed by atoms with Gasteiger partial charge in [0.2, 0.25) is 0 Å². The average molecular weight is 223 g/mol. The lowest BCUT2D eigenvalue weighted by molar-refractivity contribution is 0.204. The van der Waals surface area contributed by atoms with Gasteiger partial charge in [-0.05, 0) is 19.9 Å². The third-order valence-electron chi connectivity index (χ3n) is 2.57. The summed E-state index contributed by atoms with van der Waals surface area (Å²) in [6, 6.07) is 2.43. The number of methoxy groups -OCH3 is 1. The van der Waals surface area contributed by atoms with Crippen molar-refractivity contribution >= 4 is 5.69 Å². The van der Waals surface area contributed by atoms with Crippen LogP contribution in [0.1, 0.15) is 19.4 Å². The van der Waals surface area contributed by atoms with Gasteiger partial charge in [0, 0.05) is 49.9 Å². The molecule has 2 N–H and O–H groups in total. The van der Waals surface area contributed by atoms with Crippen LogP contribution in [-0.4, -0.2) is 31.3 Å². The van der Waals surface area contributed by atoms with E-state index in [0.29, 0.717) is 19.2 Å². The Labute approximate surface area is 97.4 Å². The second-order valence-corrected chi connectivity index (χ2v) is 3.99. The highest BCUT2D eigenvalue weighted by atomic mass is 16.5. The van der Waals surface area contributed by atoms with Crippen molar-refractivity contribution in [2.75, 3.05) is 25.2 Å². The number of ether oxygens (including phenoxy) is 1. The van der Waals surface area contributed by atoms with E-state index >= 15 is 0 Å². The summed E-state index contributed by atoms with van der Waals surface area (Å²) in [4.78, 5) is 6.39. The van der Waals surface area contributed by atoms with Crippen LogP contribution in [0.15, 0.2) is 18.5 Å². The molecular weight excluding hydrogens is 202 g/mol. The number of aromatic nitrogens is 1. The van der Waals surface area contributed by atoms with E-state index in [1.807, 2.05) is 12.3 Å². The normalized spacial score (nSPS) is 10.8. The van der Waals surface area contributed by atoms with Crippen LogP contribution < -0.4 is 10.6 Å². The molecule has 0 aliphatic heterocycles. The van der Waals surface area contributed by atoms with Gasteiger partial charge in [-0.1, -0.05) is 0 Å². The Morgan fingerprint density at radius 3 is 2.81 bits per heavy atom. The number of pyridine rings is 1. The van der Waals surface area contributed by atoms with Gasteiger partial charge in [-0.3, -0.25) is 4.98 Å². The molecular formula is C12H21N3O. The molecule has 0 aliphatic carbocycles. The van der Waals surface area contributed by atoms with E-state index in [4.69, 9.17) is 10.5 Å². The van der Waals surface area contributed by atoms with Gasteiger partial charge in [-0.15, -0.1) is 0 Å². The van der Waals surface area contributed by atoms with Gasteiger partial charge >= 0.3 is 0 Å². The van der Waals surface area contributed by atoms with Crippen molar-refractivity contribution in [1.82, 2.24) is 4.98 Å². The predicted octanol–water partition coefficient (Wildman–Crippen LogP) is 1.40. The smallest absolute Gasteiger partial charge is 0.0637 e. The number of rotatable bonds is 6. The van der Waals surface area contributed by atoms with Crippen molar-refractivity contribution in [1.29, 1.82) is 0 Å². The fourth-order valence-electron chi connectivity index (χ4n) is 1.70. The highest BCUT2D eigenvalue weighted by Crippen LogP contribution is 2.20. The molecule has 0 saturated heterocycles. The lowest BCUT2D eigenvalue weighted by Gasteiger charge is -2.30. The van der Waals surface area contributed by atoms with Gasteiger partial charge < -0.3 is 15.4 Å². The van der Waals surface area contributed by atoms with E-state index in [9.17, 15) is 0 Å². The first-order chi connectivity index (χ1) is 7.70. The van der Waals surface area contributed by atoms with Crippen LogP contribution in [-0.2, 0) is 11.3 Å². The lowest BCUT2D eigenvalue weighted by Crippen LogP contribution is -2.34. The summed E-state index contributed by atoms with van der Waals surface area (Å²) in [5.41, 5.74) is 7.95. The number of hydrogen-bond acceptors (Lipinski definition) is 4. The van der Waals surface area contributed by atoms with Gasteiger partial charge in [0.05, 0.1) is 6.61 Å². The van der Waals surface area contributed by atoms with E-state index in [2.05, 4.69) is 23.7 Å². The quantitative estimate of drug-likeness (QED) is 0.792. The molecule has 0 fully saturated rings. The second-order valence-electron chi connectivity index (χ2n) is 3.99. The van der Waals surface area contributed by atoms with E-state index < -0.39 is 0 Å². The molecule has 1 heterocycles. The number of nitrogens with zero attached hydrogens (tertiary/aromatic N) is 2. The molecule has 0 aromatic carbocycles. The molecule has 0 aliphatic rings. The topological polar surface area (TPSA) is 51.4 Å². The highest BCUT2D eigenvalue weighted by molar-refractivity contribution is 5.52. The monoisotopic (exact) mass is 223 g/mol. The fraction of sp³-hybridized carbons (Fsp3) is 0.583. The summed E-state index contributed by atoms with van der Waals surface area (Å²) in [6.07, 6.45) is 3.63. The minimum Gasteiger partial charge on any atom is -0.383 e. The summed E-state index contributed by atoms with van der Waals surface area (Å²) >= 11 is 0. The first-order valence-corrected chi connectivity index (χ1v) is 5.59. The molecule has 1 rings (SSSR count). The predicted molar refractivity (Wildman–Crippen MR) is 66.5 cm³/mol. The molecule has 90 valence electrons. The molecule has 0 amide bonds.